The lowest BCUT2D eigenvalue weighted by Crippen LogP contribution is -2.28. The zero-order valence-corrected chi connectivity index (χ0v) is 27.9. The molecule has 8 aromatic carbocycles. The van der Waals surface area contributed by atoms with Crippen molar-refractivity contribution in [3.05, 3.63) is 216 Å². The highest BCUT2D eigenvalue weighted by Crippen LogP contribution is 2.57. The topological polar surface area (TPSA) is 25.8 Å². The Labute approximate surface area is 297 Å². The van der Waals surface area contributed by atoms with Crippen LogP contribution >= 0.6 is 0 Å². The van der Waals surface area contributed by atoms with Crippen molar-refractivity contribution in [3.63, 3.8) is 0 Å². The van der Waals surface area contributed by atoms with Crippen molar-refractivity contribution in [2.75, 3.05) is 0 Å². The Balaban J connectivity index is 1.27. The van der Waals surface area contributed by atoms with Crippen LogP contribution in [-0.4, -0.2) is 9.97 Å². The molecule has 0 saturated carbocycles. The van der Waals surface area contributed by atoms with E-state index in [-0.39, 0.29) is 0 Å². The van der Waals surface area contributed by atoms with E-state index in [1.165, 1.54) is 44.2 Å². The standard InChI is InChI=1S/C49H32N2/c1-5-16-33(17-6-1)46-47(34-18-7-2-8-19-34)51-48-40(26-15-27-45(48)50-46)37-28-29-41-42-30-35-20-13-14-21-36(35)31-44(42)49(43(41)32-37,38-22-9-3-10-23-38)39-24-11-4-12-25-39/h1-32H. The second kappa shape index (κ2) is 11.8. The molecule has 0 amide bonds. The fourth-order valence-electron chi connectivity index (χ4n) is 8.25. The molecule has 10 rings (SSSR count). The summed E-state index contributed by atoms with van der Waals surface area (Å²) in [5.74, 6) is 0. The molecule has 0 fully saturated rings. The number of benzene rings is 8. The molecular weight excluding hydrogens is 617 g/mol. The second-order valence-corrected chi connectivity index (χ2v) is 13.3. The van der Waals surface area contributed by atoms with Crippen LogP contribution in [0, 0.1) is 0 Å². The van der Waals surface area contributed by atoms with Gasteiger partial charge in [0.05, 0.1) is 27.8 Å². The van der Waals surface area contributed by atoms with Gasteiger partial charge in [0.25, 0.3) is 0 Å². The molecule has 1 aliphatic carbocycles. The van der Waals surface area contributed by atoms with Crippen LogP contribution in [-0.2, 0) is 5.41 Å². The van der Waals surface area contributed by atoms with E-state index in [1.54, 1.807) is 0 Å². The van der Waals surface area contributed by atoms with Crippen molar-refractivity contribution >= 4 is 21.8 Å². The van der Waals surface area contributed by atoms with E-state index < -0.39 is 5.41 Å². The predicted octanol–water partition coefficient (Wildman–Crippen LogP) is 12.1. The molecule has 1 aromatic heterocycles. The molecule has 0 atom stereocenters. The maximum Gasteiger partial charge on any atom is 0.0973 e. The molecule has 2 nitrogen and oxygen atoms in total. The summed E-state index contributed by atoms with van der Waals surface area (Å²) in [6, 6.07) is 69.8. The van der Waals surface area contributed by atoms with E-state index >= 15 is 0 Å². The van der Waals surface area contributed by atoms with Gasteiger partial charge in [0.1, 0.15) is 0 Å². The summed E-state index contributed by atoms with van der Waals surface area (Å²) < 4.78 is 0. The first-order valence-electron chi connectivity index (χ1n) is 17.5. The van der Waals surface area contributed by atoms with E-state index in [2.05, 4.69) is 182 Å². The van der Waals surface area contributed by atoms with Crippen LogP contribution < -0.4 is 0 Å². The SMILES string of the molecule is c1ccc(-c2nc3cccc(-c4ccc5c(c4)C(c4ccccc4)(c4ccccc4)c4cc6ccccc6cc4-5)c3nc2-c2ccccc2)cc1. The lowest BCUT2D eigenvalue weighted by atomic mass is 9.67. The van der Waals surface area contributed by atoms with Gasteiger partial charge >= 0.3 is 0 Å². The van der Waals surface area contributed by atoms with E-state index in [0.29, 0.717) is 0 Å². The minimum Gasteiger partial charge on any atom is -0.244 e. The van der Waals surface area contributed by atoms with E-state index in [0.717, 1.165) is 44.7 Å². The number of nitrogens with zero attached hydrogens (tertiary/aromatic N) is 2. The van der Waals surface area contributed by atoms with Crippen LogP contribution in [0.5, 0.6) is 0 Å². The lowest BCUT2D eigenvalue weighted by molar-refractivity contribution is 0.770. The molecule has 0 spiro atoms. The van der Waals surface area contributed by atoms with E-state index in [4.69, 9.17) is 9.97 Å². The van der Waals surface area contributed by atoms with Gasteiger partial charge < -0.3 is 0 Å². The zero-order chi connectivity index (χ0) is 33.8. The van der Waals surface area contributed by atoms with Crippen molar-refractivity contribution < 1.29 is 0 Å². The highest BCUT2D eigenvalue weighted by Gasteiger charge is 2.46. The molecule has 0 aliphatic heterocycles. The molecule has 2 heteroatoms. The van der Waals surface area contributed by atoms with Gasteiger partial charge in [0.15, 0.2) is 0 Å². The van der Waals surface area contributed by atoms with E-state index in [1.807, 2.05) is 12.1 Å². The number of fused-ring (bicyclic) bond motifs is 5. The Bertz CT molecular complexity index is 2680. The molecule has 0 saturated heterocycles. The molecule has 0 bridgehead atoms. The molecule has 9 aromatic rings. The van der Waals surface area contributed by atoms with Crippen LogP contribution in [0.2, 0.25) is 0 Å². The highest BCUT2D eigenvalue weighted by molar-refractivity contribution is 5.99. The highest BCUT2D eigenvalue weighted by atomic mass is 14.8. The Kier molecular flexibility index (Phi) is 6.75. The third kappa shape index (κ3) is 4.57. The minimum atomic E-state index is -0.515. The summed E-state index contributed by atoms with van der Waals surface area (Å²) >= 11 is 0. The van der Waals surface area contributed by atoms with Crippen molar-refractivity contribution in [2.45, 2.75) is 5.41 Å². The van der Waals surface area contributed by atoms with Gasteiger partial charge in [0.2, 0.25) is 0 Å². The molecule has 0 unspecified atom stereocenters. The molecule has 0 N–H and O–H groups in total. The predicted molar refractivity (Wildman–Crippen MR) is 211 cm³/mol. The minimum absolute atomic E-state index is 0.515. The quantitative estimate of drug-likeness (QED) is 0.186. The summed E-state index contributed by atoms with van der Waals surface area (Å²) in [6.07, 6.45) is 0. The van der Waals surface area contributed by atoms with Crippen LogP contribution in [0.15, 0.2) is 194 Å². The average Bonchev–Trinajstić information content (AvgIpc) is 3.49. The third-order valence-electron chi connectivity index (χ3n) is 10.5. The summed E-state index contributed by atoms with van der Waals surface area (Å²) in [6.45, 7) is 0. The van der Waals surface area contributed by atoms with Crippen molar-refractivity contribution in [1.29, 1.82) is 0 Å². The van der Waals surface area contributed by atoms with Crippen LogP contribution in [0.4, 0.5) is 0 Å². The van der Waals surface area contributed by atoms with Crippen LogP contribution in [0.1, 0.15) is 22.3 Å². The first-order chi connectivity index (χ1) is 25.3. The maximum absolute atomic E-state index is 5.46. The number of aromatic nitrogens is 2. The fraction of sp³-hybridized carbons (Fsp3) is 0.0204. The second-order valence-electron chi connectivity index (χ2n) is 13.3. The fourth-order valence-corrected chi connectivity index (χ4v) is 8.25. The van der Waals surface area contributed by atoms with E-state index in [9.17, 15) is 0 Å². The van der Waals surface area contributed by atoms with Crippen molar-refractivity contribution in [1.82, 2.24) is 9.97 Å². The largest absolute Gasteiger partial charge is 0.244 e. The summed E-state index contributed by atoms with van der Waals surface area (Å²) in [5, 5.41) is 2.49. The van der Waals surface area contributed by atoms with Crippen molar-refractivity contribution in [2.24, 2.45) is 0 Å². The van der Waals surface area contributed by atoms with Gasteiger partial charge in [-0.2, -0.15) is 0 Å². The van der Waals surface area contributed by atoms with Gasteiger partial charge in [0, 0.05) is 16.7 Å². The molecular formula is C49H32N2. The Morgan fingerprint density at radius 1 is 0.333 bits per heavy atom. The Morgan fingerprint density at radius 3 is 1.49 bits per heavy atom. The lowest BCUT2D eigenvalue weighted by Gasteiger charge is -2.34. The normalized spacial score (nSPS) is 12.9. The molecule has 1 aliphatic rings. The molecule has 0 radical (unpaired) electrons. The summed E-state index contributed by atoms with van der Waals surface area (Å²) in [4.78, 5) is 10.8. The van der Waals surface area contributed by atoms with Gasteiger partial charge in [-0.1, -0.05) is 170 Å². The van der Waals surface area contributed by atoms with Crippen LogP contribution in [0.3, 0.4) is 0 Å². The summed E-state index contributed by atoms with van der Waals surface area (Å²) in [7, 11) is 0. The van der Waals surface area contributed by atoms with Gasteiger partial charge in [-0.25, -0.2) is 9.97 Å². The molecule has 1 heterocycles. The van der Waals surface area contributed by atoms with Gasteiger partial charge in [-0.05, 0) is 74.0 Å². The first kappa shape index (κ1) is 29.3. The van der Waals surface area contributed by atoms with Gasteiger partial charge in [-0.3, -0.25) is 0 Å². The monoisotopic (exact) mass is 648 g/mol. The molecule has 238 valence electrons. The van der Waals surface area contributed by atoms with Gasteiger partial charge in [-0.15, -0.1) is 0 Å². The maximum atomic E-state index is 5.46. The average molecular weight is 649 g/mol. The number of para-hydroxylation sites is 1. The Morgan fingerprint density at radius 2 is 0.863 bits per heavy atom. The number of rotatable bonds is 5. The summed E-state index contributed by atoms with van der Waals surface area (Å²) in [5.41, 5.74) is 14.9. The Hall–Kier alpha value is -6.64. The third-order valence-corrected chi connectivity index (χ3v) is 10.5. The smallest absolute Gasteiger partial charge is 0.0973 e. The number of hydrogen-bond donors (Lipinski definition) is 0. The number of hydrogen-bond acceptors (Lipinski definition) is 2. The first-order valence-corrected chi connectivity index (χ1v) is 17.5. The molecule has 51 heavy (non-hydrogen) atoms. The zero-order valence-electron chi connectivity index (χ0n) is 27.9. The van der Waals surface area contributed by atoms with Crippen molar-refractivity contribution in [3.8, 4) is 44.8 Å². The van der Waals surface area contributed by atoms with Crippen LogP contribution in [0.25, 0.3) is 66.6 Å².